The Morgan fingerprint density at radius 3 is 3.14 bits per heavy atom. The van der Waals surface area contributed by atoms with E-state index in [4.69, 9.17) is 5.73 Å². The number of hydrogen-bond donors (Lipinski definition) is 1. The van der Waals surface area contributed by atoms with E-state index in [0.29, 0.717) is 12.5 Å². The lowest BCUT2D eigenvalue weighted by atomic mass is 9.91. The van der Waals surface area contributed by atoms with Crippen molar-refractivity contribution in [3.8, 4) is 0 Å². The highest BCUT2D eigenvalue weighted by Crippen LogP contribution is 2.33. The summed E-state index contributed by atoms with van der Waals surface area (Å²) >= 11 is 1.29. The van der Waals surface area contributed by atoms with Crippen LogP contribution in [0.2, 0.25) is 0 Å². The molecule has 14 heavy (non-hydrogen) atoms. The fourth-order valence-corrected chi connectivity index (χ4v) is 2.79. The Labute approximate surface area is 87.5 Å². The number of aromatic nitrogens is 1. The van der Waals surface area contributed by atoms with Gasteiger partial charge >= 0.3 is 0 Å². The van der Waals surface area contributed by atoms with Crippen LogP contribution in [0, 0.1) is 11.8 Å². The minimum absolute atomic E-state index is 0.153. The van der Waals surface area contributed by atoms with Crippen LogP contribution in [0.4, 0.5) is 0 Å². The van der Waals surface area contributed by atoms with Crippen LogP contribution in [-0.2, 0) is 0 Å². The monoisotopic (exact) mass is 210 g/mol. The fourth-order valence-electron chi connectivity index (χ4n) is 2.19. The van der Waals surface area contributed by atoms with Gasteiger partial charge in [0.15, 0.2) is 5.78 Å². The highest BCUT2D eigenvalue weighted by atomic mass is 32.1. The molecule has 2 atom stereocenters. The van der Waals surface area contributed by atoms with Crippen LogP contribution in [-0.4, -0.2) is 16.7 Å². The Hall–Kier alpha value is -0.740. The second-order valence-electron chi connectivity index (χ2n) is 3.77. The van der Waals surface area contributed by atoms with E-state index in [0.717, 1.165) is 24.1 Å². The summed E-state index contributed by atoms with van der Waals surface area (Å²) in [4.78, 5) is 12.8. The average Bonchev–Trinajstić information content (AvgIpc) is 2.87. The van der Waals surface area contributed by atoms with Crippen LogP contribution in [0.5, 0.6) is 0 Å². The molecule has 4 heteroatoms. The van der Waals surface area contributed by atoms with Crippen molar-refractivity contribution in [3.63, 3.8) is 0 Å². The average molecular weight is 210 g/mol. The molecule has 0 saturated heterocycles. The maximum atomic E-state index is 12.0. The van der Waals surface area contributed by atoms with E-state index in [2.05, 4.69) is 4.37 Å². The Kier molecular flexibility index (Phi) is 2.93. The lowest BCUT2D eigenvalue weighted by Crippen LogP contribution is -2.24. The lowest BCUT2D eigenvalue weighted by Gasteiger charge is -2.14. The molecule has 1 saturated carbocycles. The molecule has 0 radical (unpaired) electrons. The van der Waals surface area contributed by atoms with Gasteiger partial charge in [-0.3, -0.25) is 4.79 Å². The maximum absolute atomic E-state index is 12.0. The van der Waals surface area contributed by atoms with Crippen molar-refractivity contribution in [1.82, 2.24) is 4.37 Å². The number of carbonyl (C=O) groups is 1. The van der Waals surface area contributed by atoms with E-state index in [9.17, 15) is 4.79 Å². The van der Waals surface area contributed by atoms with E-state index in [1.54, 1.807) is 12.3 Å². The molecule has 1 aromatic rings. The quantitative estimate of drug-likeness (QED) is 0.772. The number of hydrogen-bond acceptors (Lipinski definition) is 4. The first kappa shape index (κ1) is 9.80. The van der Waals surface area contributed by atoms with E-state index in [1.165, 1.54) is 11.5 Å². The van der Waals surface area contributed by atoms with Crippen molar-refractivity contribution in [2.75, 3.05) is 6.54 Å². The molecule has 0 spiro atoms. The van der Waals surface area contributed by atoms with Crippen molar-refractivity contribution < 1.29 is 4.79 Å². The van der Waals surface area contributed by atoms with Crippen LogP contribution in [0.15, 0.2) is 12.3 Å². The normalized spacial score (nSPS) is 26.6. The van der Waals surface area contributed by atoms with Crippen molar-refractivity contribution in [2.24, 2.45) is 17.6 Å². The van der Waals surface area contributed by atoms with Gasteiger partial charge in [-0.25, -0.2) is 4.37 Å². The Morgan fingerprint density at radius 1 is 1.64 bits per heavy atom. The first-order valence-corrected chi connectivity index (χ1v) is 5.75. The number of carbonyl (C=O) groups excluding carboxylic acids is 1. The standard InChI is InChI=1S/C10H14N2OS/c11-6-7-2-1-3-8(7)10(13)9-4-5-12-14-9/h4-5,7-8H,1-3,6,11H2. The smallest absolute Gasteiger partial charge is 0.177 e. The first-order valence-electron chi connectivity index (χ1n) is 4.98. The zero-order valence-corrected chi connectivity index (χ0v) is 8.80. The van der Waals surface area contributed by atoms with Crippen LogP contribution < -0.4 is 5.73 Å². The van der Waals surface area contributed by atoms with Gasteiger partial charge in [0.1, 0.15) is 0 Å². The van der Waals surface area contributed by atoms with Gasteiger partial charge in [0.25, 0.3) is 0 Å². The third-order valence-corrected chi connectivity index (χ3v) is 3.74. The number of rotatable bonds is 3. The third-order valence-electron chi connectivity index (χ3n) is 2.98. The molecular weight excluding hydrogens is 196 g/mol. The molecule has 76 valence electrons. The van der Waals surface area contributed by atoms with Gasteiger partial charge in [-0.2, -0.15) is 0 Å². The molecule has 1 aliphatic carbocycles. The van der Waals surface area contributed by atoms with Crippen LogP contribution in [0.1, 0.15) is 28.9 Å². The number of nitrogens with zero attached hydrogens (tertiary/aromatic N) is 1. The number of ketones is 1. The van der Waals surface area contributed by atoms with Crippen LogP contribution in [0.3, 0.4) is 0 Å². The molecule has 3 nitrogen and oxygen atoms in total. The summed E-state index contributed by atoms with van der Waals surface area (Å²) in [6.07, 6.45) is 4.92. The van der Waals surface area contributed by atoms with Crippen molar-refractivity contribution in [3.05, 3.63) is 17.1 Å². The first-order chi connectivity index (χ1) is 6.83. The van der Waals surface area contributed by atoms with Crippen molar-refractivity contribution in [2.45, 2.75) is 19.3 Å². The minimum Gasteiger partial charge on any atom is -0.330 e. The molecule has 1 aromatic heterocycles. The van der Waals surface area contributed by atoms with Crippen molar-refractivity contribution in [1.29, 1.82) is 0 Å². The maximum Gasteiger partial charge on any atom is 0.177 e. The number of Topliss-reactive ketones (excluding diaryl/α,β-unsaturated/α-hetero) is 1. The topological polar surface area (TPSA) is 56.0 Å². The van der Waals surface area contributed by atoms with E-state index < -0.39 is 0 Å². The highest BCUT2D eigenvalue weighted by Gasteiger charge is 2.32. The number of nitrogens with two attached hydrogens (primary N) is 1. The summed E-state index contributed by atoms with van der Waals surface area (Å²) in [5, 5.41) is 0. The lowest BCUT2D eigenvalue weighted by molar-refractivity contribution is 0.0898. The van der Waals surface area contributed by atoms with Gasteiger partial charge in [-0.05, 0) is 42.9 Å². The molecule has 2 N–H and O–H groups in total. The van der Waals surface area contributed by atoms with Crippen LogP contribution >= 0.6 is 11.5 Å². The Bertz CT molecular complexity index is 310. The van der Waals surface area contributed by atoms with Gasteiger partial charge in [0.2, 0.25) is 0 Å². The summed E-state index contributed by atoms with van der Waals surface area (Å²) in [7, 11) is 0. The van der Waals surface area contributed by atoms with Gasteiger partial charge < -0.3 is 5.73 Å². The van der Waals surface area contributed by atoms with E-state index >= 15 is 0 Å². The molecule has 0 amide bonds. The molecule has 1 aliphatic rings. The predicted octanol–water partition coefficient (Wildman–Crippen LogP) is 1.70. The summed E-state index contributed by atoms with van der Waals surface area (Å²) in [5.74, 6) is 0.797. The summed E-state index contributed by atoms with van der Waals surface area (Å²) in [5.41, 5.74) is 5.65. The van der Waals surface area contributed by atoms with Gasteiger partial charge in [-0.15, -0.1) is 0 Å². The van der Waals surface area contributed by atoms with Gasteiger partial charge in [-0.1, -0.05) is 6.42 Å². The second-order valence-corrected chi connectivity index (χ2v) is 4.61. The third kappa shape index (κ3) is 1.72. The zero-order chi connectivity index (χ0) is 9.97. The van der Waals surface area contributed by atoms with Crippen LogP contribution in [0.25, 0.3) is 0 Å². The Balaban J connectivity index is 2.11. The Morgan fingerprint density at radius 2 is 2.50 bits per heavy atom. The molecule has 2 unspecified atom stereocenters. The summed E-state index contributed by atoms with van der Waals surface area (Å²) in [6, 6.07) is 1.80. The SMILES string of the molecule is NCC1CCCC1C(=O)c1ccns1. The molecule has 0 aliphatic heterocycles. The predicted molar refractivity (Wildman–Crippen MR) is 56.3 cm³/mol. The van der Waals surface area contributed by atoms with Gasteiger partial charge in [0, 0.05) is 12.1 Å². The zero-order valence-electron chi connectivity index (χ0n) is 7.98. The van der Waals surface area contributed by atoms with E-state index in [-0.39, 0.29) is 11.7 Å². The summed E-state index contributed by atoms with van der Waals surface area (Å²) < 4.78 is 3.96. The largest absolute Gasteiger partial charge is 0.330 e. The van der Waals surface area contributed by atoms with Gasteiger partial charge in [0.05, 0.1) is 4.88 Å². The molecule has 0 bridgehead atoms. The summed E-state index contributed by atoms with van der Waals surface area (Å²) in [6.45, 7) is 0.634. The van der Waals surface area contributed by atoms with E-state index in [1.807, 2.05) is 0 Å². The molecular formula is C10H14N2OS. The fraction of sp³-hybridized carbons (Fsp3) is 0.600. The molecule has 1 heterocycles. The van der Waals surface area contributed by atoms with Crippen molar-refractivity contribution >= 4 is 17.3 Å². The molecule has 0 aromatic carbocycles. The highest BCUT2D eigenvalue weighted by molar-refractivity contribution is 7.08. The minimum atomic E-state index is 0.153. The second kappa shape index (κ2) is 4.19. The molecule has 2 rings (SSSR count). The molecule has 1 fully saturated rings.